The molecule has 0 bridgehead atoms. The van der Waals surface area contributed by atoms with Crippen LogP contribution in [0.5, 0.6) is 0 Å². The van der Waals surface area contributed by atoms with Gasteiger partial charge in [0, 0.05) is 16.7 Å². The molecule has 0 radical (unpaired) electrons. The highest BCUT2D eigenvalue weighted by atomic mass is 15.0. The van der Waals surface area contributed by atoms with Gasteiger partial charge < -0.3 is 0 Å². The number of benzene rings is 8. The van der Waals surface area contributed by atoms with Crippen LogP contribution in [0, 0.1) is 0 Å². The fraction of sp³-hybridized carbons (Fsp3) is 0.0192. The predicted octanol–water partition coefficient (Wildman–Crippen LogP) is 13.1. The lowest BCUT2D eigenvalue weighted by Gasteiger charge is -2.12. The van der Waals surface area contributed by atoms with E-state index in [1.807, 2.05) is 36.4 Å². The third-order valence-corrected chi connectivity index (χ3v) is 10.6. The van der Waals surface area contributed by atoms with Crippen molar-refractivity contribution in [3.8, 4) is 89.8 Å². The van der Waals surface area contributed by atoms with Gasteiger partial charge in [-0.1, -0.05) is 188 Å². The van der Waals surface area contributed by atoms with Crippen LogP contribution in [-0.4, -0.2) is 15.0 Å². The Morgan fingerprint density at radius 3 is 1.07 bits per heavy atom. The van der Waals surface area contributed by atoms with Crippen LogP contribution in [0.25, 0.3) is 89.8 Å². The second-order valence-electron chi connectivity index (χ2n) is 14.0. The lowest BCUT2D eigenvalue weighted by Crippen LogP contribution is -2.00. The molecule has 0 saturated heterocycles. The van der Waals surface area contributed by atoms with Gasteiger partial charge in [0.1, 0.15) is 0 Å². The molecule has 3 nitrogen and oxygen atoms in total. The molecule has 1 aromatic heterocycles. The van der Waals surface area contributed by atoms with E-state index in [2.05, 4.69) is 164 Å². The Morgan fingerprint density at radius 2 is 0.564 bits per heavy atom. The van der Waals surface area contributed by atoms with Crippen molar-refractivity contribution in [2.24, 2.45) is 0 Å². The van der Waals surface area contributed by atoms with Crippen molar-refractivity contribution >= 4 is 0 Å². The molecule has 3 heteroatoms. The standard InChI is InChI=1S/C52H35N3/c1-4-14-35(15-5-1)40-20-10-22-42(32-40)51-53-50(39-18-8-3-9-19-39)54-52(55-51)43-23-11-21-41(33-43)36-28-30-38(31-29-36)45-25-13-27-47-46-26-12-24-44(48(46)34-49(45)47)37-16-6-2-7-17-37/h1-33H,34H2. The Balaban J connectivity index is 0.988. The monoisotopic (exact) mass is 701 g/mol. The molecule has 258 valence electrons. The second kappa shape index (κ2) is 14.0. The number of fused-ring (bicyclic) bond motifs is 3. The third kappa shape index (κ3) is 6.22. The SMILES string of the molecule is c1ccc(-c2cccc(-c3nc(-c4ccccc4)nc(-c4cccc(-c5ccc(-c6cccc7c6Cc6c(-c8ccccc8)cccc6-7)cc5)c4)n3)c2)cc1. The zero-order valence-corrected chi connectivity index (χ0v) is 30.1. The minimum atomic E-state index is 0.640. The minimum absolute atomic E-state index is 0.640. The molecule has 0 aliphatic heterocycles. The molecule has 0 N–H and O–H groups in total. The molecule has 1 aliphatic rings. The molecule has 10 rings (SSSR count). The summed E-state index contributed by atoms with van der Waals surface area (Å²) in [5, 5.41) is 0. The zero-order valence-electron chi connectivity index (χ0n) is 30.1. The summed E-state index contributed by atoms with van der Waals surface area (Å²) in [7, 11) is 0. The summed E-state index contributed by atoms with van der Waals surface area (Å²) in [6, 6.07) is 70.6. The van der Waals surface area contributed by atoms with Gasteiger partial charge in [-0.05, 0) is 85.3 Å². The van der Waals surface area contributed by atoms with E-state index >= 15 is 0 Å². The van der Waals surface area contributed by atoms with Crippen molar-refractivity contribution in [3.63, 3.8) is 0 Å². The summed E-state index contributed by atoms with van der Waals surface area (Å²) in [6.07, 6.45) is 0.922. The highest BCUT2D eigenvalue weighted by Gasteiger charge is 2.24. The molecule has 0 spiro atoms. The van der Waals surface area contributed by atoms with Gasteiger partial charge in [-0.25, -0.2) is 15.0 Å². The summed E-state index contributed by atoms with van der Waals surface area (Å²) in [4.78, 5) is 15.1. The molecule has 1 heterocycles. The molecule has 8 aromatic carbocycles. The van der Waals surface area contributed by atoms with Gasteiger partial charge in [0.15, 0.2) is 17.5 Å². The van der Waals surface area contributed by atoms with Gasteiger partial charge >= 0.3 is 0 Å². The van der Waals surface area contributed by atoms with Crippen LogP contribution >= 0.6 is 0 Å². The number of hydrogen-bond acceptors (Lipinski definition) is 3. The van der Waals surface area contributed by atoms with E-state index in [9.17, 15) is 0 Å². The van der Waals surface area contributed by atoms with Crippen LogP contribution in [-0.2, 0) is 6.42 Å². The quantitative estimate of drug-likeness (QED) is 0.166. The molecular formula is C52H35N3. The Hall–Kier alpha value is -7.23. The molecule has 0 saturated carbocycles. The van der Waals surface area contributed by atoms with Crippen LogP contribution in [0.1, 0.15) is 11.1 Å². The highest BCUT2D eigenvalue weighted by Crippen LogP contribution is 2.45. The number of nitrogens with zero attached hydrogens (tertiary/aromatic N) is 3. The van der Waals surface area contributed by atoms with Crippen LogP contribution < -0.4 is 0 Å². The maximum absolute atomic E-state index is 5.08. The maximum Gasteiger partial charge on any atom is 0.164 e. The Morgan fingerprint density at radius 1 is 0.236 bits per heavy atom. The average Bonchev–Trinajstić information content (AvgIpc) is 3.67. The molecule has 0 fully saturated rings. The fourth-order valence-corrected chi connectivity index (χ4v) is 7.89. The van der Waals surface area contributed by atoms with Gasteiger partial charge in [-0.15, -0.1) is 0 Å². The van der Waals surface area contributed by atoms with Gasteiger partial charge in [-0.3, -0.25) is 0 Å². The molecule has 9 aromatic rings. The molecule has 0 atom stereocenters. The van der Waals surface area contributed by atoms with Gasteiger partial charge in [-0.2, -0.15) is 0 Å². The topological polar surface area (TPSA) is 38.7 Å². The van der Waals surface area contributed by atoms with Crippen LogP contribution in [0.2, 0.25) is 0 Å². The first-order chi connectivity index (χ1) is 27.2. The Kier molecular flexibility index (Phi) is 8.23. The molecule has 55 heavy (non-hydrogen) atoms. The number of hydrogen-bond donors (Lipinski definition) is 0. The minimum Gasteiger partial charge on any atom is -0.208 e. The van der Waals surface area contributed by atoms with E-state index < -0.39 is 0 Å². The van der Waals surface area contributed by atoms with Gasteiger partial charge in [0.05, 0.1) is 0 Å². The maximum atomic E-state index is 5.08. The zero-order chi connectivity index (χ0) is 36.6. The van der Waals surface area contributed by atoms with Crippen LogP contribution in [0.3, 0.4) is 0 Å². The van der Waals surface area contributed by atoms with Crippen molar-refractivity contribution in [1.29, 1.82) is 0 Å². The normalized spacial score (nSPS) is 11.6. The van der Waals surface area contributed by atoms with E-state index in [0.29, 0.717) is 17.5 Å². The average molecular weight is 702 g/mol. The lowest BCUT2D eigenvalue weighted by molar-refractivity contribution is 1.07. The van der Waals surface area contributed by atoms with E-state index in [0.717, 1.165) is 45.4 Å². The first-order valence-corrected chi connectivity index (χ1v) is 18.7. The first-order valence-electron chi connectivity index (χ1n) is 18.7. The molecule has 1 aliphatic carbocycles. The van der Waals surface area contributed by atoms with E-state index in [1.165, 1.54) is 44.5 Å². The van der Waals surface area contributed by atoms with Crippen molar-refractivity contribution in [3.05, 3.63) is 211 Å². The predicted molar refractivity (Wildman–Crippen MR) is 226 cm³/mol. The van der Waals surface area contributed by atoms with Crippen molar-refractivity contribution in [1.82, 2.24) is 15.0 Å². The molecule has 0 unspecified atom stereocenters. The Labute approximate surface area is 321 Å². The fourth-order valence-electron chi connectivity index (χ4n) is 7.89. The molecular weight excluding hydrogens is 667 g/mol. The van der Waals surface area contributed by atoms with Gasteiger partial charge in [0.25, 0.3) is 0 Å². The summed E-state index contributed by atoms with van der Waals surface area (Å²) < 4.78 is 0. The first kappa shape index (κ1) is 32.4. The summed E-state index contributed by atoms with van der Waals surface area (Å²) in [5.41, 5.74) is 17.9. The third-order valence-electron chi connectivity index (χ3n) is 10.6. The molecule has 0 amide bonds. The van der Waals surface area contributed by atoms with Gasteiger partial charge in [0.2, 0.25) is 0 Å². The number of rotatable bonds is 7. The van der Waals surface area contributed by atoms with Crippen LogP contribution in [0.15, 0.2) is 200 Å². The smallest absolute Gasteiger partial charge is 0.164 e. The van der Waals surface area contributed by atoms with E-state index in [1.54, 1.807) is 0 Å². The van der Waals surface area contributed by atoms with Crippen LogP contribution in [0.4, 0.5) is 0 Å². The summed E-state index contributed by atoms with van der Waals surface area (Å²) in [5.74, 6) is 1.93. The summed E-state index contributed by atoms with van der Waals surface area (Å²) in [6.45, 7) is 0. The van der Waals surface area contributed by atoms with Crippen molar-refractivity contribution in [2.45, 2.75) is 6.42 Å². The van der Waals surface area contributed by atoms with Crippen molar-refractivity contribution in [2.75, 3.05) is 0 Å². The number of aromatic nitrogens is 3. The van der Waals surface area contributed by atoms with Crippen molar-refractivity contribution < 1.29 is 0 Å². The largest absolute Gasteiger partial charge is 0.208 e. The van der Waals surface area contributed by atoms with E-state index in [4.69, 9.17) is 15.0 Å². The lowest BCUT2D eigenvalue weighted by atomic mass is 9.94. The Bertz CT molecular complexity index is 2810. The highest BCUT2D eigenvalue weighted by molar-refractivity contribution is 5.90. The summed E-state index contributed by atoms with van der Waals surface area (Å²) >= 11 is 0. The van der Waals surface area contributed by atoms with E-state index in [-0.39, 0.29) is 0 Å². The second-order valence-corrected chi connectivity index (χ2v) is 14.0.